The average molecular weight is 259 g/mol. The Hall–Kier alpha value is -1.02. The Kier molecular flexibility index (Phi) is 3.53. The molecule has 0 aromatic heterocycles. The molecule has 0 spiro atoms. The predicted molar refractivity (Wildman–Crippen MR) is 78.4 cm³/mol. The minimum atomic E-state index is 0.416. The van der Waals surface area contributed by atoms with E-state index in [0.29, 0.717) is 17.8 Å². The maximum absolute atomic E-state index is 9.66. The number of fused-ring (bicyclic) bond motifs is 1. The number of hydrogen-bond acceptors (Lipinski definition) is 2. The van der Waals surface area contributed by atoms with Crippen molar-refractivity contribution in [2.45, 2.75) is 58.0 Å². The Balaban J connectivity index is 1.87. The third-order valence-electron chi connectivity index (χ3n) is 5.00. The highest BCUT2D eigenvalue weighted by Gasteiger charge is 2.32. The lowest BCUT2D eigenvalue weighted by atomic mass is 9.83. The van der Waals surface area contributed by atoms with Crippen LogP contribution in [-0.4, -0.2) is 22.6 Å². The van der Waals surface area contributed by atoms with E-state index in [1.54, 1.807) is 0 Å². The smallest absolute Gasteiger partial charge is 0.115 e. The maximum Gasteiger partial charge on any atom is 0.115 e. The molecule has 2 heteroatoms. The van der Waals surface area contributed by atoms with Gasteiger partial charge in [-0.05, 0) is 74.8 Å². The zero-order chi connectivity index (χ0) is 13.4. The summed E-state index contributed by atoms with van der Waals surface area (Å²) in [5.74, 6) is 1.29. The molecule has 3 rings (SSSR count). The fourth-order valence-electron chi connectivity index (χ4n) is 4.01. The third-order valence-corrected chi connectivity index (χ3v) is 5.00. The second kappa shape index (κ2) is 5.16. The van der Waals surface area contributed by atoms with Crippen LogP contribution in [0.4, 0.5) is 0 Å². The van der Waals surface area contributed by atoms with Crippen LogP contribution in [0, 0.1) is 5.92 Å². The Morgan fingerprint density at radius 2 is 2.05 bits per heavy atom. The molecule has 1 N–H and O–H groups in total. The van der Waals surface area contributed by atoms with Crippen LogP contribution in [0.5, 0.6) is 5.75 Å². The Morgan fingerprint density at radius 1 is 1.21 bits per heavy atom. The van der Waals surface area contributed by atoms with Crippen molar-refractivity contribution in [2.75, 3.05) is 6.54 Å². The van der Waals surface area contributed by atoms with Crippen molar-refractivity contribution in [3.05, 3.63) is 29.3 Å². The number of nitrogens with zero attached hydrogens (tertiary/aromatic N) is 1. The molecule has 3 unspecified atom stereocenters. The van der Waals surface area contributed by atoms with E-state index >= 15 is 0 Å². The first-order valence-electron chi connectivity index (χ1n) is 7.72. The molecule has 104 valence electrons. The normalized spacial score (nSPS) is 32.0. The zero-order valence-electron chi connectivity index (χ0n) is 12.1. The molecule has 1 aliphatic heterocycles. The number of rotatable bonds is 1. The van der Waals surface area contributed by atoms with Crippen LogP contribution in [0.3, 0.4) is 0 Å². The van der Waals surface area contributed by atoms with Gasteiger partial charge in [0.25, 0.3) is 0 Å². The summed E-state index contributed by atoms with van der Waals surface area (Å²) in [6, 6.07) is 7.24. The van der Waals surface area contributed by atoms with E-state index in [1.807, 2.05) is 12.1 Å². The molecule has 1 aromatic carbocycles. The van der Waals surface area contributed by atoms with Crippen LogP contribution >= 0.6 is 0 Å². The molecule has 1 heterocycles. The Bertz CT molecular complexity index is 457. The topological polar surface area (TPSA) is 23.5 Å². The molecule has 0 radical (unpaired) electrons. The van der Waals surface area contributed by atoms with Gasteiger partial charge >= 0.3 is 0 Å². The second-order valence-electron chi connectivity index (χ2n) is 6.51. The third kappa shape index (κ3) is 2.51. The molecule has 19 heavy (non-hydrogen) atoms. The molecule has 0 amide bonds. The van der Waals surface area contributed by atoms with E-state index in [-0.39, 0.29) is 0 Å². The number of hydrogen-bond donors (Lipinski definition) is 1. The summed E-state index contributed by atoms with van der Waals surface area (Å²) in [6.07, 6.45) is 6.30. The van der Waals surface area contributed by atoms with Gasteiger partial charge in [-0.3, -0.25) is 4.90 Å². The van der Waals surface area contributed by atoms with E-state index < -0.39 is 0 Å². The SMILES string of the molecule is CC1CCN(C2CCCc3cc(O)ccc32)C(C)C1. The molecule has 3 atom stereocenters. The van der Waals surface area contributed by atoms with Crippen molar-refractivity contribution in [3.63, 3.8) is 0 Å². The first-order chi connectivity index (χ1) is 9.15. The number of benzene rings is 1. The fourth-order valence-corrected chi connectivity index (χ4v) is 4.01. The van der Waals surface area contributed by atoms with Gasteiger partial charge in [-0.25, -0.2) is 0 Å². The Labute approximate surface area is 116 Å². The minimum absolute atomic E-state index is 0.416. The van der Waals surface area contributed by atoms with E-state index in [1.165, 1.54) is 43.4 Å². The molecule has 0 bridgehead atoms. The molecular weight excluding hydrogens is 234 g/mol. The van der Waals surface area contributed by atoms with Crippen molar-refractivity contribution < 1.29 is 5.11 Å². The lowest BCUT2D eigenvalue weighted by Crippen LogP contribution is -2.43. The summed E-state index contributed by atoms with van der Waals surface area (Å²) in [6.45, 7) is 5.98. The van der Waals surface area contributed by atoms with Gasteiger partial charge in [-0.15, -0.1) is 0 Å². The molecular formula is C17H25NO. The van der Waals surface area contributed by atoms with Crippen LogP contribution < -0.4 is 0 Å². The molecule has 1 aliphatic carbocycles. The van der Waals surface area contributed by atoms with Gasteiger partial charge in [0.05, 0.1) is 0 Å². The predicted octanol–water partition coefficient (Wildman–Crippen LogP) is 3.89. The van der Waals surface area contributed by atoms with Gasteiger partial charge in [-0.1, -0.05) is 13.0 Å². The van der Waals surface area contributed by atoms with Crippen LogP contribution in [0.15, 0.2) is 18.2 Å². The summed E-state index contributed by atoms with van der Waals surface area (Å²) >= 11 is 0. The van der Waals surface area contributed by atoms with E-state index in [0.717, 1.165) is 12.3 Å². The van der Waals surface area contributed by atoms with Gasteiger partial charge in [0.2, 0.25) is 0 Å². The zero-order valence-corrected chi connectivity index (χ0v) is 12.1. The van der Waals surface area contributed by atoms with Crippen LogP contribution in [0.1, 0.15) is 56.7 Å². The molecule has 1 aromatic rings. The van der Waals surface area contributed by atoms with E-state index in [4.69, 9.17) is 0 Å². The highest BCUT2D eigenvalue weighted by Crippen LogP contribution is 2.39. The average Bonchev–Trinajstić information content (AvgIpc) is 2.38. The standard InChI is InChI=1S/C17H25NO/c1-12-8-9-18(13(2)10-12)17-5-3-4-14-11-15(19)6-7-16(14)17/h6-7,11-13,17,19H,3-5,8-10H2,1-2H3. The molecule has 2 nitrogen and oxygen atoms in total. The van der Waals surface area contributed by atoms with Crippen molar-refractivity contribution in [3.8, 4) is 5.75 Å². The summed E-state index contributed by atoms with van der Waals surface area (Å²) in [5.41, 5.74) is 2.83. The van der Waals surface area contributed by atoms with Gasteiger partial charge in [-0.2, -0.15) is 0 Å². The molecule has 0 saturated carbocycles. The molecule has 1 fully saturated rings. The van der Waals surface area contributed by atoms with Gasteiger partial charge < -0.3 is 5.11 Å². The van der Waals surface area contributed by atoms with Crippen molar-refractivity contribution in [1.29, 1.82) is 0 Å². The Morgan fingerprint density at radius 3 is 2.84 bits per heavy atom. The lowest BCUT2D eigenvalue weighted by molar-refractivity contribution is 0.0724. The second-order valence-corrected chi connectivity index (χ2v) is 6.51. The summed E-state index contributed by atoms with van der Waals surface area (Å²) < 4.78 is 0. The number of aromatic hydroxyl groups is 1. The van der Waals surface area contributed by atoms with Crippen LogP contribution in [-0.2, 0) is 6.42 Å². The first kappa shape index (κ1) is 13.0. The van der Waals surface area contributed by atoms with E-state index in [2.05, 4.69) is 24.8 Å². The van der Waals surface area contributed by atoms with Crippen molar-refractivity contribution in [2.24, 2.45) is 5.92 Å². The summed E-state index contributed by atoms with van der Waals surface area (Å²) in [7, 11) is 0. The number of aryl methyl sites for hydroxylation is 1. The van der Waals surface area contributed by atoms with Crippen LogP contribution in [0.25, 0.3) is 0 Å². The van der Waals surface area contributed by atoms with Crippen molar-refractivity contribution in [1.82, 2.24) is 4.90 Å². The first-order valence-corrected chi connectivity index (χ1v) is 7.72. The molecule has 1 saturated heterocycles. The van der Waals surface area contributed by atoms with Gasteiger partial charge in [0.1, 0.15) is 5.75 Å². The number of phenols is 1. The number of likely N-dealkylation sites (tertiary alicyclic amines) is 1. The largest absolute Gasteiger partial charge is 0.508 e. The maximum atomic E-state index is 9.66. The summed E-state index contributed by atoms with van der Waals surface area (Å²) in [4.78, 5) is 2.70. The minimum Gasteiger partial charge on any atom is -0.508 e. The monoisotopic (exact) mass is 259 g/mol. The van der Waals surface area contributed by atoms with Gasteiger partial charge in [0.15, 0.2) is 0 Å². The van der Waals surface area contributed by atoms with Gasteiger partial charge in [0, 0.05) is 12.1 Å². The van der Waals surface area contributed by atoms with E-state index in [9.17, 15) is 5.11 Å². The molecule has 2 aliphatic rings. The number of piperidine rings is 1. The quantitative estimate of drug-likeness (QED) is 0.827. The van der Waals surface area contributed by atoms with Crippen LogP contribution in [0.2, 0.25) is 0 Å². The fraction of sp³-hybridized carbons (Fsp3) is 0.647. The summed E-state index contributed by atoms with van der Waals surface area (Å²) in [5, 5.41) is 9.66. The van der Waals surface area contributed by atoms with Crippen molar-refractivity contribution >= 4 is 0 Å². The highest BCUT2D eigenvalue weighted by molar-refractivity contribution is 5.38. The lowest BCUT2D eigenvalue weighted by Gasteiger charge is -2.44. The number of phenolic OH excluding ortho intramolecular Hbond substituents is 1. The highest BCUT2D eigenvalue weighted by atomic mass is 16.3.